The van der Waals surface area contributed by atoms with Crippen LogP contribution in [0, 0.1) is 12.8 Å². The highest BCUT2D eigenvalue weighted by Crippen LogP contribution is 2.15. The number of aliphatic carboxylic acids is 1. The van der Waals surface area contributed by atoms with Crippen LogP contribution in [-0.2, 0) is 15.3 Å². The molecular formula is C12H18N2O3S2. The van der Waals surface area contributed by atoms with E-state index in [-0.39, 0.29) is 12.5 Å². The van der Waals surface area contributed by atoms with Crippen LogP contribution in [0.15, 0.2) is 5.38 Å². The first-order valence-electron chi connectivity index (χ1n) is 5.85. The van der Waals surface area contributed by atoms with Gasteiger partial charge in [0.15, 0.2) is 0 Å². The highest BCUT2D eigenvalue weighted by atomic mass is 32.2. The van der Waals surface area contributed by atoms with E-state index in [1.54, 1.807) is 25.3 Å². The van der Waals surface area contributed by atoms with Gasteiger partial charge < -0.3 is 10.0 Å². The molecule has 1 aromatic rings. The maximum atomic E-state index is 11.8. The third-order valence-corrected chi connectivity index (χ3v) is 4.31. The van der Waals surface area contributed by atoms with E-state index in [0.717, 1.165) is 10.7 Å². The zero-order valence-electron chi connectivity index (χ0n) is 11.3. The van der Waals surface area contributed by atoms with Crippen molar-refractivity contribution in [3.63, 3.8) is 0 Å². The Morgan fingerprint density at radius 2 is 2.26 bits per heavy atom. The fourth-order valence-electron chi connectivity index (χ4n) is 1.42. The Bertz CT molecular complexity index is 448. The van der Waals surface area contributed by atoms with Crippen LogP contribution in [0.4, 0.5) is 0 Å². The molecule has 1 rings (SSSR count). The number of aryl methyl sites for hydroxylation is 1. The molecule has 1 N–H and O–H groups in total. The first-order chi connectivity index (χ1) is 8.90. The van der Waals surface area contributed by atoms with Crippen molar-refractivity contribution in [2.75, 3.05) is 19.3 Å². The summed E-state index contributed by atoms with van der Waals surface area (Å²) in [6.07, 6.45) is 0. The van der Waals surface area contributed by atoms with Gasteiger partial charge in [0.25, 0.3) is 0 Å². The van der Waals surface area contributed by atoms with Gasteiger partial charge >= 0.3 is 5.97 Å². The van der Waals surface area contributed by atoms with E-state index in [4.69, 9.17) is 5.11 Å². The second-order valence-corrected chi connectivity index (χ2v) is 6.41. The van der Waals surface area contributed by atoms with Crippen LogP contribution >= 0.6 is 23.1 Å². The van der Waals surface area contributed by atoms with Crippen LogP contribution in [-0.4, -0.2) is 46.2 Å². The van der Waals surface area contributed by atoms with Gasteiger partial charge in [-0.15, -0.1) is 23.1 Å². The molecule has 0 saturated heterocycles. The monoisotopic (exact) mass is 302 g/mol. The largest absolute Gasteiger partial charge is 0.481 e. The molecule has 1 heterocycles. The molecule has 0 spiro atoms. The second-order valence-electron chi connectivity index (χ2n) is 4.36. The van der Waals surface area contributed by atoms with Gasteiger partial charge in [-0.05, 0) is 6.92 Å². The first kappa shape index (κ1) is 16.0. The molecule has 0 aromatic carbocycles. The van der Waals surface area contributed by atoms with Gasteiger partial charge in [-0.25, -0.2) is 4.98 Å². The second kappa shape index (κ2) is 7.49. The van der Waals surface area contributed by atoms with Gasteiger partial charge in [0, 0.05) is 24.7 Å². The van der Waals surface area contributed by atoms with Crippen molar-refractivity contribution in [2.24, 2.45) is 5.92 Å². The van der Waals surface area contributed by atoms with Gasteiger partial charge in [0.05, 0.1) is 22.4 Å². The molecule has 1 amide bonds. The molecule has 19 heavy (non-hydrogen) atoms. The average Bonchev–Trinajstić information content (AvgIpc) is 2.74. The molecule has 7 heteroatoms. The summed E-state index contributed by atoms with van der Waals surface area (Å²) in [6, 6.07) is 0. The van der Waals surface area contributed by atoms with Crippen LogP contribution in [0.25, 0.3) is 0 Å². The maximum absolute atomic E-state index is 11.8. The molecule has 0 aliphatic rings. The van der Waals surface area contributed by atoms with Gasteiger partial charge in [-0.1, -0.05) is 6.92 Å². The van der Waals surface area contributed by atoms with E-state index in [2.05, 4.69) is 4.98 Å². The number of hydrogen-bond donors (Lipinski definition) is 1. The zero-order valence-corrected chi connectivity index (χ0v) is 12.9. The number of carbonyl (C=O) groups is 2. The Balaban J connectivity index is 2.28. The number of hydrogen-bond acceptors (Lipinski definition) is 5. The minimum atomic E-state index is -0.884. The number of thiazole rings is 1. The number of amides is 1. The molecule has 5 nitrogen and oxygen atoms in total. The number of carbonyl (C=O) groups excluding carboxylic acids is 1. The summed E-state index contributed by atoms with van der Waals surface area (Å²) < 4.78 is 0. The van der Waals surface area contributed by atoms with Gasteiger partial charge in [0.1, 0.15) is 0 Å². The van der Waals surface area contributed by atoms with E-state index in [1.165, 1.54) is 16.7 Å². The Morgan fingerprint density at radius 1 is 1.58 bits per heavy atom. The van der Waals surface area contributed by atoms with E-state index in [1.807, 2.05) is 12.3 Å². The van der Waals surface area contributed by atoms with Crippen LogP contribution < -0.4 is 0 Å². The summed E-state index contributed by atoms with van der Waals surface area (Å²) in [7, 11) is 1.63. The lowest BCUT2D eigenvalue weighted by Gasteiger charge is -2.19. The highest BCUT2D eigenvalue weighted by molar-refractivity contribution is 7.99. The van der Waals surface area contributed by atoms with Crippen LogP contribution in [0.1, 0.15) is 17.6 Å². The molecule has 0 fully saturated rings. The van der Waals surface area contributed by atoms with Crippen molar-refractivity contribution >= 4 is 35.0 Å². The molecule has 0 radical (unpaired) electrons. The lowest BCUT2D eigenvalue weighted by molar-refractivity contribution is -0.142. The summed E-state index contributed by atoms with van der Waals surface area (Å²) >= 11 is 3.09. The lowest BCUT2D eigenvalue weighted by Crippen LogP contribution is -2.34. The van der Waals surface area contributed by atoms with E-state index in [0.29, 0.717) is 11.5 Å². The molecule has 0 aliphatic heterocycles. The summed E-state index contributed by atoms with van der Waals surface area (Å²) in [4.78, 5) is 28.3. The highest BCUT2D eigenvalue weighted by Gasteiger charge is 2.17. The quantitative estimate of drug-likeness (QED) is 0.832. The summed E-state index contributed by atoms with van der Waals surface area (Å²) in [5.74, 6) is -0.423. The molecular weight excluding hydrogens is 284 g/mol. The SMILES string of the molecule is Cc1nc(CSCC(=O)N(C)CC(C)C(=O)O)cs1. The Labute approximate surface area is 121 Å². The molecule has 1 unspecified atom stereocenters. The van der Waals surface area contributed by atoms with Gasteiger partial charge in [-0.2, -0.15) is 0 Å². The van der Waals surface area contributed by atoms with E-state index >= 15 is 0 Å². The Hall–Kier alpha value is -1.08. The third kappa shape index (κ3) is 5.61. The van der Waals surface area contributed by atoms with Crippen LogP contribution in [0.3, 0.4) is 0 Å². The molecule has 0 bridgehead atoms. The van der Waals surface area contributed by atoms with E-state index in [9.17, 15) is 9.59 Å². The Kier molecular flexibility index (Phi) is 6.30. The van der Waals surface area contributed by atoms with Crippen molar-refractivity contribution in [1.29, 1.82) is 0 Å². The minimum Gasteiger partial charge on any atom is -0.481 e. The van der Waals surface area contributed by atoms with Gasteiger partial charge in [0.2, 0.25) is 5.91 Å². The molecule has 1 atom stereocenters. The number of carboxylic acids is 1. The normalized spacial score (nSPS) is 12.2. The number of thioether (sulfide) groups is 1. The summed E-state index contributed by atoms with van der Waals surface area (Å²) in [6.45, 7) is 3.78. The lowest BCUT2D eigenvalue weighted by atomic mass is 10.2. The van der Waals surface area contributed by atoms with Crippen molar-refractivity contribution < 1.29 is 14.7 Å². The zero-order chi connectivity index (χ0) is 14.4. The van der Waals surface area contributed by atoms with Crippen molar-refractivity contribution in [1.82, 2.24) is 9.88 Å². The summed E-state index contributed by atoms with van der Waals surface area (Å²) in [5, 5.41) is 11.8. The van der Waals surface area contributed by atoms with Crippen molar-refractivity contribution in [2.45, 2.75) is 19.6 Å². The standard InChI is InChI=1S/C12H18N2O3S2/c1-8(12(16)17)4-14(3)11(15)7-18-5-10-6-19-9(2)13-10/h6,8H,4-5,7H2,1-3H3,(H,16,17). The maximum Gasteiger partial charge on any atom is 0.308 e. The Morgan fingerprint density at radius 3 is 2.79 bits per heavy atom. The number of nitrogens with zero attached hydrogens (tertiary/aromatic N) is 2. The summed E-state index contributed by atoms with van der Waals surface area (Å²) in [5.41, 5.74) is 0.988. The average molecular weight is 302 g/mol. The predicted molar refractivity (Wildman–Crippen MR) is 77.4 cm³/mol. The molecule has 0 saturated carbocycles. The van der Waals surface area contributed by atoms with Crippen molar-refractivity contribution in [3.05, 3.63) is 16.1 Å². The minimum absolute atomic E-state index is 0.0509. The van der Waals surface area contributed by atoms with E-state index < -0.39 is 11.9 Å². The number of aromatic nitrogens is 1. The van der Waals surface area contributed by atoms with Gasteiger partial charge in [-0.3, -0.25) is 9.59 Å². The topological polar surface area (TPSA) is 70.5 Å². The molecule has 0 aliphatic carbocycles. The third-order valence-electron chi connectivity index (χ3n) is 2.54. The smallest absolute Gasteiger partial charge is 0.308 e. The number of carboxylic acid groups (broad SMARTS) is 1. The van der Waals surface area contributed by atoms with Crippen LogP contribution in [0.2, 0.25) is 0 Å². The van der Waals surface area contributed by atoms with Crippen molar-refractivity contribution in [3.8, 4) is 0 Å². The van der Waals surface area contributed by atoms with Crippen LogP contribution in [0.5, 0.6) is 0 Å². The first-order valence-corrected chi connectivity index (χ1v) is 7.89. The predicted octanol–water partition coefficient (Wildman–Crippen LogP) is 1.86. The fraction of sp³-hybridized carbons (Fsp3) is 0.583. The number of rotatable bonds is 7. The molecule has 1 aromatic heterocycles. The molecule has 106 valence electrons. The fourth-order valence-corrected chi connectivity index (χ4v) is 2.99.